The molecule has 13 heavy (non-hydrogen) atoms. The molecule has 0 amide bonds. The van der Waals surface area contributed by atoms with Crippen LogP contribution in [0.15, 0.2) is 11.4 Å². The van der Waals surface area contributed by atoms with Crippen LogP contribution in [0.1, 0.15) is 30.7 Å². The van der Waals surface area contributed by atoms with Gasteiger partial charge in [0.05, 0.1) is 4.34 Å². The Labute approximate surface area is 88.1 Å². The molecule has 2 rings (SSSR count). The lowest BCUT2D eigenvalue weighted by molar-refractivity contribution is 0.572. The van der Waals surface area contributed by atoms with Gasteiger partial charge in [-0.1, -0.05) is 11.6 Å². The van der Waals surface area contributed by atoms with Crippen LogP contribution in [-0.4, -0.2) is 13.1 Å². The summed E-state index contributed by atoms with van der Waals surface area (Å²) in [4.78, 5) is 0. The van der Waals surface area contributed by atoms with E-state index in [2.05, 4.69) is 16.8 Å². The van der Waals surface area contributed by atoms with E-state index in [4.69, 9.17) is 11.6 Å². The van der Waals surface area contributed by atoms with Crippen molar-refractivity contribution in [2.75, 3.05) is 7.05 Å². The molecule has 1 heterocycles. The third-order valence-corrected chi connectivity index (χ3v) is 4.13. The maximum absolute atomic E-state index is 6.11. The molecule has 1 fully saturated rings. The summed E-state index contributed by atoms with van der Waals surface area (Å²) in [5.74, 6) is 0.691. The molecule has 1 aromatic rings. The average molecular weight is 216 g/mol. The van der Waals surface area contributed by atoms with Gasteiger partial charge in [-0.3, -0.25) is 0 Å². The molecule has 0 bridgehead atoms. The molecule has 1 nitrogen and oxygen atoms in total. The summed E-state index contributed by atoms with van der Waals surface area (Å²) in [7, 11) is 2.04. The van der Waals surface area contributed by atoms with Gasteiger partial charge in [-0.15, -0.1) is 11.3 Å². The molecule has 3 heteroatoms. The SMILES string of the molecule is CNC1CCC(c2ccsc2Cl)C1. The van der Waals surface area contributed by atoms with Crippen LogP contribution in [0.4, 0.5) is 0 Å². The van der Waals surface area contributed by atoms with E-state index in [1.807, 2.05) is 7.05 Å². The smallest absolute Gasteiger partial charge is 0.0963 e. The lowest BCUT2D eigenvalue weighted by Gasteiger charge is -2.09. The zero-order valence-electron chi connectivity index (χ0n) is 7.72. The van der Waals surface area contributed by atoms with Gasteiger partial charge >= 0.3 is 0 Å². The van der Waals surface area contributed by atoms with Gasteiger partial charge in [0.15, 0.2) is 0 Å². The van der Waals surface area contributed by atoms with Crippen LogP contribution in [0.3, 0.4) is 0 Å². The molecule has 1 aliphatic rings. The van der Waals surface area contributed by atoms with E-state index in [-0.39, 0.29) is 0 Å². The second kappa shape index (κ2) is 3.99. The molecule has 2 unspecified atom stereocenters. The van der Waals surface area contributed by atoms with Gasteiger partial charge in [0.1, 0.15) is 0 Å². The fraction of sp³-hybridized carbons (Fsp3) is 0.600. The number of thiophene rings is 1. The Kier molecular flexibility index (Phi) is 2.92. The highest BCUT2D eigenvalue weighted by Crippen LogP contribution is 2.39. The molecular formula is C10H14ClNS. The van der Waals surface area contributed by atoms with Crippen molar-refractivity contribution in [3.63, 3.8) is 0 Å². The Morgan fingerprint density at radius 3 is 2.92 bits per heavy atom. The van der Waals surface area contributed by atoms with Crippen molar-refractivity contribution >= 4 is 22.9 Å². The van der Waals surface area contributed by atoms with Crippen molar-refractivity contribution in [3.8, 4) is 0 Å². The van der Waals surface area contributed by atoms with Gasteiger partial charge in [0.2, 0.25) is 0 Å². The molecule has 0 spiro atoms. The van der Waals surface area contributed by atoms with Gasteiger partial charge in [0.25, 0.3) is 0 Å². The number of nitrogens with one attached hydrogen (secondary N) is 1. The minimum absolute atomic E-state index is 0.691. The fourth-order valence-electron chi connectivity index (χ4n) is 2.12. The molecule has 72 valence electrons. The van der Waals surface area contributed by atoms with Crippen molar-refractivity contribution in [2.24, 2.45) is 0 Å². The molecule has 1 N–H and O–H groups in total. The minimum atomic E-state index is 0.691. The van der Waals surface area contributed by atoms with E-state index in [0.717, 1.165) is 4.34 Å². The fourth-order valence-corrected chi connectivity index (χ4v) is 3.20. The van der Waals surface area contributed by atoms with E-state index >= 15 is 0 Å². The summed E-state index contributed by atoms with van der Waals surface area (Å²) in [6, 6.07) is 2.87. The van der Waals surface area contributed by atoms with Crippen molar-refractivity contribution in [3.05, 3.63) is 21.3 Å². The van der Waals surface area contributed by atoms with E-state index in [9.17, 15) is 0 Å². The summed E-state index contributed by atoms with van der Waals surface area (Å²) in [5, 5.41) is 5.42. The van der Waals surface area contributed by atoms with Crippen LogP contribution >= 0.6 is 22.9 Å². The van der Waals surface area contributed by atoms with E-state index < -0.39 is 0 Å². The van der Waals surface area contributed by atoms with Crippen LogP contribution in [0.2, 0.25) is 4.34 Å². The van der Waals surface area contributed by atoms with E-state index in [1.165, 1.54) is 24.8 Å². The van der Waals surface area contributed by atoms with Crippen molar-refractivity contribution in [1.29, 1.82) is 0 Å². The van der Waals surface area contributed by atoms with E-state index in [0.29, 0.717) is 12.0 Å². The first-order valence-corrected chi connectivity index (χ1v) is 5.97. The lowest BCUT2D eigenvalue weighted by atomic mass is 10.0. The van der Waals surface area contributed by atoms with Crippen molar-refractivity contribution < 1.29 is 0 Å². The van der Waals surface area contributed by atoms with Crippen LogP contribution in [-0.2, 0) is 0 Å². The van der Waals surface area contributed by atoms with Gasteiger partial charge in [-0.2, -0.15) is 0 Å². The molecule has 2 atom stereocenters. The van der Waals surface area contributed by atoms with Crippen molar-refractivity contribution in [1.82, 2.24) is 5.32 Å². The lowest BCUT2D eigenvalue weighted by Crippen LogP contribution is -2.21. The summed E-state index contributed by atoms with van der Waals surface area (Å²) in [5.41, 5.74) is 1.37. The molecule has 1 saturated carbocycles. The van der Waals surface area contributed by atoms with Crippen molar-refractivity contribution in [2.45, 2.75) is 31.2 Å². The highest BCUT2D eigenvalue weighted by Gasteiger charge is 2.26. The van der Waals surface area contributed by atoms with Gasteiger partial charge in [-0.25, -0.2) is 0 Å². The number of hydrogen-bond acceptors (Lipinski definition) is 2. The molecule has 1 aliphatic carbocycles. The number of halogens is 1. The van der Waals surface area contributed by atoms with Crippen LogP contribution in [0.25, 0.3) is 0 Å². The first-order chi connectivity index (χ1) is 6.31. The molecule has 0 radical (unpaired) electrons. The zero-order valence-corrected chi connectivity index (χ0v) is 9.29. The Bertz CT molecular complexity index is 284. The quantitative estimate of drug-likeness (QED) is 0.799. The summed E-state index contributed by atoms with van der Waals surface area (Å²) in [6.45, 7) is 0. The monoisotopic (exact) mass is 215 g/mol. The topological polar surface area (TPSA) is 12.0 Å². The molecule has 0 aliphatic heterocycles. The average Bonchev–Trinajstić information content (AvgIpc) is 2.71. The largest absolute Gasteiger partial charge is 0.317 e. The maximum Gasteiger partial charge on any atom is 0.0963 e. The molecule has 1 aromatic heterocycles. The molecule has 0 saturated heterocycles. The van der Waals surface area contributed by atoms with Crippen LogP contribution < -0.4 is 5.32 Å². The van der Waals surface area contributed by atoms with Gasteiger partial charge in [0, 0.05) is 6.04 Å². The standard InChI is InChI=1S/C10H14ClNS/c1-12-8-3-2-7(6-8)9-4-5-13-10(9)11/h4-5,7-8,12H,2-3,6H2,1H3. The minimum Gasteiger partial charge on any atom is -0.317 e. The third kappa shape index (κ3) is 1.90. The summed E-state index contributed by atoms with van der Waals surface area (Å²) in [6.07, 6.45) is 3.81. The second-order valence-electron chi connectivity index (χ2n) is 3.65. The Hall–Kier alpha value is -0.0500. The number of rotatable bonds is 2. The molecular weight excluding hydrogens is 202 g/mol. The Morgan fingerprint density at radius 1 is 1.54 bits per heavy atom. The third-order valence-electron chi connectivity index (χ3n) is 2.93. The zero-order chi connectivity index (χ0) is 9.26. The Balaban J connectivity index is 2.08. The number of hydrogen-bond donors (Lipinski definition) is 1. The van der Waals surface area contributed by atoms with Crippen LogP contribution in [0.5, 0.6) is 0 Å². The predicted molar refractivity (Wildman–Crippen MR) is 58.8 cm³/mol. The first kappa shape index (κ1) is 9.50. The predicted octanol–water partition coefficient (Wildman–Crippen LogP) is 3.26. The first-order valence-electron chi connectivity index (χ1n) is 4.71. The van der Waals surface area contributed by atoms with E-state index in [1.54, 1.807) is 11.3 Å². The van der Waals surface area contributed by atoms with Crippen LogP contribution in [0, 0.1) is 0 Å². The normalized spacial score (nSPS) is 28.2. The summed E-state index contributed by atoms with van der Waals surface area (Å²) < 4.78 is 0.988. The second-order valence-corrected chi connectivity index (χ2v) is 5.16. The van der Waals surface area contributed by atoms with Gasteiger partial charge in [-0.05, 0) is 49.2 Å². The summed E-state index contributed by atoms with van der Waals surface area (Å²) >= 11 is 7.75. The highest BCUT2D eigenvalue weighted by molar-refractivity contribution is 7.14. The highest BCUT2D eigenvalue weighted by atomic mass is 35.5. The molecule has 0 aromatic carbocycles. The van der Waals surface area contributed by atoms with Gasteiger partial charge < -0.3 is 5.32 Å². The Morgan fingerprint density at radius 2 is 2.38 bits per heavy atom. The maximum atomic E-state index is 6.11.